The Labute approximate surface area is 119 Å². The number of fused-ring (bicyclic) bond motifs is 1. The lowest BCUT2D eigenvalue weighted by Gasteiger charge is -2.05. The first kappa shape index (κ1) is 12.4. The van der Waals surface area contributed by atoms with Gasteiger partial charge >= 0.3 is 0 Å². The molecular formula is C14H12N4OS. The fourth-order valence-corrected chi connectivity index (χ4v) is 2.74. The molecule has 0 bridgehead atoms. The second-order valence-electron chi connectivity index (χ2n) is 4.29. The topological polar surface area (TPSA) is 94.0 Å². The predicted molar refractivity (Wildman–Crippen MR) is 82.8 cm³/mol. The number of nitrogens with zero attached hydrogens (tertiary/aromatic N) is 1. The highest BCUT2D eigenvalue weighted by molar-refractivity contribution is 7.22. The Morgan fingerprint density at radius 2 is 1.95 bits per heavy atom. The van der Waals surface area contributed by atoms with Gasteiger partial charge in [-0.1, -0.05) is 23.5 Å². The minimum absolute atomic E-state index is 0.290. The molecule has 1 heterocycles. The van der Waals surface area contributed by atoms with Gasteiger partial charge in [-0.05, 0) is 30.3 Å². The molecule has 1 aromatic heterocycles. The zero-order valence-electron chi connectivity index (χ0n) is 10.5. The van der Waals surface area contributed by atoms with Crippen LogP contribution in [0.1, 0.15) is 10.4 Å². The van der Waals surface area contributed by atoms with Crippen LogP contribution in [-0.2, 0) is 0 Å². The van der Waals surface area contributed by atoms with Crippen molar-refractivity contribution in [2.45, 2.75) is 0 Å². The molecule has 0 saturated carbocycles. The summed E-state index contributed by atoms with van der Waals surface area (Å²) < 4.78 is 1.02. The van der Waals surface area contributed by atoms with E-state index in [0.29, 0.717) is 22.1 Å². The van der Waals surface area contributed by atoms with Gasteiger partial charge in [0.15, 0.2) is 5.13 Å². The average Bonchev–Trinajstić information content (AvgIpc) is 2.80. The number of aromatic nitrogens is 1. The van der Waals surface area contributed by atoms with Crippen LogP contribution in [0.4, 0.5) is 16.5 Å². The number of rotatable bonds is 2. The highest BCUT2D eigenvalue weighted by Gasteiger charge is 2.12. The molecule has 100 valence electrons. The Morgan fingerprint density at radius 1 is 1.15 bits per heavy atom. The maximum absolute atomic E-state index is 12.2. The van der Waals surface area contributed by atoms with Crippen LogP contribution in [0.25, 0.3) is 10.2 Å². The minimum Gasteiger partial charge on any atom is -0.399 e. The van der Waals surface area contributed by atoms with Crippen LogP contribution in [0.3, 0.4) is 0 Å². The first-order chi connectivity index (χ1) is 9.63. The summed E-state index contributed by atoms with van der Waals surface area (Å²) in [4.78, 5) is 16.5. The highest BCUT2D eigenvalue weighted by atomic mass is 32.1. The normalized spacial score (nSPS) is 10.6. The molecule has 20 heavy (non-hydrogen) atoms. The fraction of sp³-hybridized carbons (Fsp3) is 0. The number of nitrogens with one attached hydrogen (secondary N) is 1. The molecular weight excluding hydrogens is 272 g/mol. The van der Waals surface area contributed by atoms with Crippen LogP contribution in [0.5, 0.6) is 0 Å². The van der Waals surface area contributed by atoms with Gasteiger partial charge in [0.1, 0.15) is 0 Å². The number of amides is 1. The quantitative estimate of drug-likeness (QED) is 0.631. The number of anilines is 3. The number of carbonyl (C=O) groups is 1. The van der Waals surface area contributed by atoms with Crippen LogP contribution >= 0.6 is 11.3 Å². The molecule has 0 spiro atoms. The first-order valence-electron chi connectivity index (χ1n) is 5.95. The van der Waals surface area contributed by atoms with Crippen LogP contribution in [0.15, 0.2) is 42.5 Å². The number of thiazole rings is 1. The molecule has 0 aliphatic carbocycles. The van der Waals surface area contributed by atoms with E-state index < -0.39 is 0 Å². The maximum Gasteiger partial charge on any atom is 0.259 e. The number of para-hydroxylation sites is 1. The van der Waals surface area contributed by atoms with Crippen molar-refractivity contribution in [3.05, 3.63) is 48.0 Å². The summed E-state index contributed by atoms with van der Waals surface area (Å²) in [5.74, 6) is -0.290. The van der Waals surface area contributed by atoms with E-state index >= 15 is 0 Å². The molecule has 1 amide bonds. The molecule has 0 aliphatic rings. The maximum atomic E-state index is 12.2. The second kappa shape index (κ2) is 4.82. The first-order valence-corrected chi connectivity index (χ1v) is 6.77. The Kier molecular flexibility index (Phi) is 3.00. The van der Waals surface area contributed by atoms with E-state index in [9.17, 15) is 4.79 Å². The molecule has 0 fully saturated rings. The van der Waals surface area contributed by atoms with Crippen LogP contribution in [0, 0.1) is 0 Å². The van der Waals surface area contributed by atoms with Gasteiger partial charge in [0.25, 0.3) is 5.91 Å². The summed E-state index contributed by atoms with van der Waals surface area (Å²) >= 11 is 1.42. The zero-order chi connectivity index (χ0) is 14.1. The summed E-state index contributed by atoms with van der Waals surface area (Å²) in [5, 5.41) is 3.30. The van der Waals surface area contributed by atoms with Crippen LogP contribution in [-0.4, -0.2) is 10.9 Å². The Bertz CT molecular complexity index is 764. The van der Waals surface area contributed by atoms with E-state index in [4.69, 9.17) is 11.5 Å². The molecule has 0 radical (unpaired) electrons. The molecule has 3 rings (SSSR count). The highest BCUT2D eigenvalue weighted by Crippen LogP contribution is 2.26. The Balaban J connectivity index is 1.88. The van der Waals surface area contributed by atoms with Crippen molar-refractivity contribution in [1.82, 2.24) is 4.98 Å². The van der Waals surface area contributed by atoms with Crippen molar-refractivity contribution in [3.63, 3.8) is 0 Å². The van der Waals surface area contributed by atoms with Crippen molar-refractivity contribution in [2.24, 2.45) is 0 Å². The number of hydrogen-bond donors (Lipinski definition) is 3. The van der Waals surface area contributed by atoms with Gasteiger partial charge in [-0.2, -0.15) is 0 Å². The molecule has 0 saturated heterocycles. The zero-order valence-corrected chi connectivity index (χ0v) is 11.3. The van der Waals surface area contributed by atoms with Crippen LogP contribution in [0.2, 0.25) is 0 Å². The van der Waals surface area contributed by atoms with E-state index in [1.165, 1.54) is 11.3 Å². The standard InChI is InChI=1S/C14H12N4OS/c15-8-5-6-9(10(16)7-8)13(19)18-14-17-11-3-1-2-4-12(11)20-14/h1-7H,15-16H2,(H,17,18,19). The molecule has 0 unspecified atom stereocenters. The van der Waals surface area contributed by atoms with Gasteiger partial charge in [0.05, 0.1) is 15.8 Å². The molecule has 3 aromatic rings. The van der Waals surface area contributed by atoms with Crippen molar-refractivity contribution in [2.75, 3.05) is 16.8 Å². The van der Waals surface area contributed by atoms with Gasteiger partial charge in [-0.25, -0.2) is 4.98 Å². The molecule has 0 aliphatic heterocycles. The van der Waals surface area contributed by atoms with E-state index in [0.717, 1.165) is 10.2 Å². The van der Waals surface area contributed by atoms with Gasteiger partial charge in [-0.3, -0.25) is 10.1 Å². The molecule has 6 heteroatoms. The minimum atomic E-state index is -0.290. The largest absolute Gasteiger partial charge is 0.399 e. The van der Waals surface area contributed by atoms with Gasteiger partial charge < -0.3 is 11.5 Å². The molecule has 5 nitrogen and oxygen atoms in total. The summed E-state index contributed by atoms with van der Waals surface area (Å²) in [6.07, 6.45) is 0. The van der Waals surface area contributed by atoms with Gasteiger partial charge in [0, 0.05) is 11.4 Å². The predicted octanol–water partition coefficient (Wildman–Crippen LogP) is 2.71. The van der Waals surface area contributed by atoms with E-state index in [1.54, 1.807) is 18.2 Å². The molecule has 0 atom stereocenters. The summed E-state index contributed by atoms with van der Waals surface area (Å²) in [6.45, 7) is 0. The van der Waals surface area contributed by atoms with E-state index in [1.807, 2.05) is 24.3 Å². The van der Waals surface area contributed by atoms with Crippen molar-refractivity contribution in [1.29, 1.82) is 0 Å². The fourth-order valence-electron chi connectivity index (χ4n) is 1.88. The average molecular weight is 284 g/mol. The molecule has 2 aromatic carbocycles. The Hall–Kier alpha value is -2.60. The molecule has 5 N–H and O–H groups in total. The van der Waals surface area contributed by atoms with E-state index in [2.05, 4.69) is 10.3 Å². The lowest BCUT2D eigenvalue weighted by molar-refractivity contribution is 0.102. The van der Waals surface area contributed by atoms with Gasteiger partial charge in [0.2, 0.25) is 0 Å². The number of nitrogens with two attached hydrogens (primary N) is 2. The van der Waals surface area contributed by atoms with Crippen molar-refractivity contribution in [3.8, 4) is 0 Å². The van der Waals surface area contributed by atoms with Gasteiger partial charge in [-0.15, -0.1) is 0 Å². The Morgan fingerprint density at radius 3 is 2.70 bits per heavy atom. The van der Waals surface area contributed by atoms with Crippen LogP contribution < -0.4 is 16.8 Å². The SMILES string of the molecule is Nc1ccc(C(=O)Nc2nc3ccccc3s2)c(N)c1. The monoisotopic (exact) mass is 284 g/mol. The van der Waals surface area contributed by atoms with Crippen molar-refractivity contribution >= 4 is 44.0 Å². The number of hydrogen-bond acceptors (Lipinski definition) is 5. The van der Waals surface area contributed by atoms with Crippen molar-refractivity contribution < 1.29 is 4.79 Å². The lowest BCUT2D eigenvalue weighted by atomic mass is 10.1. The number of carbonyl (C=O) groups excluding carboxylic acids is 1. The lowest BCUT2D eigenvalue weighted by Crippen LogP contribution is -2.14. The summed E-state index contributed by atoms with van der Waals surface area (Å²) in [5.41, 5.74) is 13.5. The third-order valence-corrected chi connectivity index (χ3v) is 3.79. The second-order valence-corrected chi connectivity index (χ2v) is 5.32. The summed E-state index contributed by atoms with van der Waals surface area (Å²) in [6, 6.07) is 12.5. The summed E-state index contributed by atoms with van der Waals surface area (Å²) in [7, 11) is 0. The number of nitrogen functional groups attached to an aromatic ring is 2. The smallest absolute Gasteiger partial charge is 0.259 e. The third-order valence-electron chi connectivity index (χ3n) is 2.83. The third kappa shape index (κ3) is 2.28. The number of benzene rings is 2. The van der Waals surface area contributed by atoms with E-state index in [-0.39, 0.29) is 5.91 Å².